The van der Waals surface area contributed by atoms with Crippen LogP contribution in [0.25, 0.3) is 11.4 Å². The first-order valence-corrected chi connectivity index (χ1v) is 7.39. The molecule has 1 amide bonds. The molecule has 2 aromatic heterocycles. The average Bonchev–Trinajstić information content (AvgIpc) is 3.03. The van der Waals surface area contributed by atoms with E-state index in [-0.39, 0.29) is 29.7 Å². The molecule has 0 saturated carbocycles. The summed E-state index contributed by atoms with van der Waals surface area (Å²) in [7, 11) is 1.57. The van der Waals surface area contributed by atoms with Crippen LogP contribution in [0.15, 0.2) is 47.2 Å². The summed E-state index contributed by atoms with van der Waals surface area (Å²) in [6.45, 7) is 0.105. The number of aromatic nitrogens is 3. The lowest BCUT2D eigenvalue weighted by molar-refractivity contribution is 0.0766. The monoisotopic (exact) mass is 344 g/mol. The molecule has 122 valence electrons. The van der Waals surface area contributed by atoms with E-state index < -0.39 is 0 Å². The van der Waals surface area contributed by atoms with Crippen molar-refractivity contribution in [3.05, 3.63) is 59.2 Å². The number of halogens is 1. The lowest BCUT2D eigenvalue weighted by Crippen LogP contribution is -2.26. The molecule has 0 atom stereocenters. The first kappa shape index (κ1) is 15.9. The number of hydrogen-bond acceptors (Lipinski definition) is 6. The van der Waals surface area contributed by atoms with Gasteiger partial charge in [0.25, 0.3) is 5.91 Å². The summed E-state index contributed by atoms with van der Waals surface area (Å²) in [5.74, 6) is 0.109. The molecular weight excluding hydrogens is 332 g/mol. The zero-order valence-corrected chi connectivity index (χ0v) is 13.4. The number of aromatic hydroxyl groups is 1. The Hall–Kier alpha value is -2.93. The topological polar surface area (TPSA) is 92.4 Å². The second-order valence-electron chi connectivity index (χ2n) is 5.08. The molecule has 0 spiro atoms. The first-order valence-electron chi connectivity index (χ1n) is 7.01. The van der Waals surface area contributed by atoms with Gasteiger partial charge in [-0.25, -0.2) is 0 Å². The van der Waals surface area contributed by atoms with Crippen molar-refractivity contribution in [1.29, 1.82) is 0 Å². The number of hydrogen-bond donors (Lipinski definition) is 1. The molecule has 3 aromatic rings. The molecule has 0 aliphatic rings. The van der Waals surface area contributed by atoms with Gasteiger partial charge < -0.3 is 14.5 Å². The standard InChI is InChI=1S/C16H13ClN4O3/c1-21(16(23)12-5-4-11(17)7-13(12)22)9-14-19-15(20-24-14)10-3-2-6-18-8-10/h2-8,22H,9H2,1H3. The van der Waals surface area contributed by atoms with E-state index in [1.165, 1.54) is 23.1 Å². The second-order valence-corrected chi connectivity index (χ2v) is 5.51. The highest BCUT2D eigenvalue weighted by molar-refractivity contribution is 6.30. The van der Waals surface area contributed by atoms with E-state index in [0.717, 1.165) is 5.56 Å². The Kier molecular flexibility index (Phi) is 4.43. The van der Waals surface area contributed by atoms with E-state index in [0.29, 0.717) is 10.8 Å². The molecule has 3 rings (SSSR count). The Morgan fingerprint density at radius 3 is 2.92 bits per heavy atom. The highest BCUT2D eigenvalue weighted by Crippen LogP contribution is 2.23. The van der Waals surface area contributed by atoms with Crippen molar-refractivity contribution in [2.45, 2.75) is 6.54 Å². The van der Waals surface area contributed by atoms with Crippen LogP contribution in [0.3, 0.4) is 0 Å². The van der Waals surface area contributed by atoms with Crippen LogP contribution in [-0.4, -0.2) is 38.1 Å². The largest absolute Gasteiger partial charge is 0.507 e. The molecule has 0 radical (unpaired) electrons. The second kappa shape index (κ2) is 6.67. The number of amides is 1. The maximum atomic E-state index is 12.4. The third-order valence-corrected chi connectivity index (χ3v) is 3.53. The summed E-state index contributed by atoms with van der Waals surface area (Å²) in [5, 5.41) is 14.1. The van der Waals surface area contributed by atoms with Crippen LogP contribution in [0, 0.1) is 0 Å². The zero-order valence-electron chi connectivity index (χ0n) is 12.7. The van der Waals surface area contributed by atoms with Crippen LogP contribution < -0.4 is 0 Å². The summed E-state index contributed by atoms with van der Waals surface area (Å²) in [4.78, 5) is 22.0. The van der Waals surface area contributed by atoms with E-state index in [1.54, 1.807) is 25.5 Å². The van der Waals surface area contributed by atoms with E-state index in [4.69, 9.17) is 16.1 Å². The SMILES string of the molecule is CN(Cc1nc(-c2cccnc2)no1)C(=O)c1ccc(Cl)cc1O. The molecule has 0 fully saturated rings. The molecule has 0 aliphatic carbocycles. The van der Waals surface area contributed by atoms with Gasteiger partial charge in [-0.05, 0) is 30.3 Å². The fourth-order valence-corrected chi connectivity index (χ4v) is 2.26. The molecule has 0 aliphatic heterocycles. The van der Waals surface area contributed by atoms with Crippen molar-refractivity contribution in [2.24, 2.45) is 0 Å². The quantitative estimate of drug-likeness (QED) is 0.782. The summed E-state index contributed by atoms with van der Waals surface area (Å²) in [6, 6.07) is 7.89. The number of rotatable bonds is 4. The van der Waals surface area contributed by atoms with Gasteiger partial charge >= 0.3 is 0 Å². The van der Waals surface area contributed by atoms with Gasteiger partial charge in [-0.15, -0.1) is 0 Å². The van der Waals surface area contributed by atoms with Gasteiger partial charge in [0.2, 0.25) is 11.7 Å². The Labute approximate surface area is 142 Å². The van der Waals surface area contributed by atoms with Gasteiger partial charge in [0.1, 0.15) is 12.3 Å². The van der Waals surface area contributed by atoms with Crippen molar-refractivity contribution < 1.29 is 14.4 Å². The number of phenolic OH excluding ortho intramolecular Hbond substituents is 1. The van der Waals surface area contributed by atoms with E-state index in [2.05, 4.69) is 15.1 Å². The third-order valence-electron chi connectivity index (χ3n) is 3.30. The maximum Gasteiger partial charge on any atom is 0.257 e. The summed E-state index contributed by atoms with van der Waals surface area (Å²) >= 11 is 5.77. The highest BCUT2D eigenvalue weighted by atomic mass is 35.5. The van der Waals surface area contributed by atoms with Crippen LogP contribution in [0.1, 0.15) is 16.2 Å². The van der Waals surface area contributed by atoms with Crippen LogP contribution in [0.4, 0.5) is 0 Å². The molecule has 0 unspecified atom stereocenters. The number of nitrogens with zero attached hydrogens (tertiary/aromatic N) is 4. The Morgan fingerprint density at radius 1 is 1.38 bits per heavy atom. The van der Waals surface area contributed by atoms with Gasteiger partial charge in [-0.2, -0.15) is 4.98 Å². The lowest BCUT2D eigenvalue weighted by atomic mass is 10.2. The molecule has 0 bridgehead atoms. The third kappa shape index (κ3) is 3.36. The van der Waals surface area contributed by atoms with Crippen LogP contribution in [-0.2, 0) is 6.54 Å². The van der Waals surface area contributed by atoms with Crippen molar-refractivity contribution in [3.63, 3.8) is 0 Å². The number of carbonyl (C=O) groups excluding carboxylic acids is 1. The Bertz CT molecular complexity index is 867. The molecule has 7 nitrogen and oxygen atoms in total. The van der Waals surface area contributed by atoms with E-state index >= 15 is 0 Å². The van der Waals surface area contributed by atoms with Crippen molar-refractivity contribution in [3.8, 4) is 17.1 Å². The number of pyridine rings is 1. The fraction of sp³-hybridized carbons (Fsp3) is 0.125. The van der Waals surface area contributed by atoms with Gasteiger partial charge in [0, 0.05) is 30.0 Å². The zero-order chi connectivity index (χ0) is 17.1. The predicted octanol–water partition coefficient (Wildman–Crippen LogP) is 2.76. The number of phenols is 1. The van der Waals surface area contributed by atoms with Crippen molar-refractivity contribution >= 4 is 17.5 Å². The molecular formula is C16H13ClN4O3. The van der Waals surface area contributed by atoms with Gasteiger partial charge in [-0.1, -0.05) is 16.8 Å². The van der Waals surface area contributed by atoms with Crippen molar-refractivity contribution in [1.82, 2.24) is 20.0 Å². The summed E-state index contributed by atoms with van der Waals surface area (Å²) in [6.07, 6.45) is 3.27. The van der Waals surface area contributed by atoms with Crippen LogP contribution in [0.5, 0.6) is 5.75 Å². The molecule has 0 saturated heterocycles. The highest BCUT2D eigenvalue weighted by Gasteiger charge is 2.19. The normalized spacial score (nSPS) is 10.6. The van der Waals surface area contributed by atoms with E-state index in [1.807, 2.05) is 6.07 Å². The predicted molar refractivity (Wildman–Crippen MR) is 86.4 cm³/mol. The summed E-state index contributed by atoms with van der Waals surface area (Å²) in [5.41, 5.74) is 0.866. The molecule has 24 heavy (non-hydrogen) atoms. The minimum atomic E-state index is -0.384. The Morgan fingerprint density at radius 2 is 2.21 bits per heavy atom. The average molecular weight is 345 g/mol. The maximum absolute atomic E-state index is 12.4. The first-order chi connectivity index (χ1) is 11.5. The molecule has 2 heterocycles. The number of carbonyl (C=O) groups is 1. The van der Waals surface area contributed by atoms with Gasteiger partial charge in [-0.3, -0.25) is 9.78 Å². The molecule has 1 aromatic carbocycles. The lowest BCUT2D eigenvalue weighted by Gasteiger charge is -2.15. The fourth-order valence-electron chi connectivity index (χ4n) is 2.10. The van der Waals surface area contributed by atoms with Gasteiger partial charge in [0.15, 0.2) is 0 Å². The van der Waals surface area contributed by atoms with Crippen molar-refractivity contribution in [2.75, 3.05) is 7.05 Å². The van der Waals surface area contributed by atoms with Crippen LogP contribution in [0.2, 0.25) is 5.02 Å². The summed E-state index contributed by atoms with van der Waals surface area (Å²) < 4.78 is 5.16. The van der Waals surface area contributed by atoms with Gasteiger partial charge in [0.05, 0.1) is 5.56 Å². The minimum absolute atomic E-state index is 0.105. The number of benzene rings is 1. The molecule has 1 N–H and O–H groups in total. The van der Waals surface area contributed by atoms with E-state index in [9.17, 15) is 9.90 Å². The van der Waals surface area contributed by atoms with Crippen LogP contribution >= 0.6 is 11.6 Å². The minimum Gasteiger partial charge on any atom is -0.507 e. The molecule has 8 heteroatoms. The Balaban J connectivity index is 1.74. The smallest absolute Gasteiger partial charge is 0.257 e.